The molecule has 4 rings (SSSR count). The molecule has 0 fully saturated rings. The van der Waals surface area contributed by atoms with E-state index in [0.717, 1.165) is 26.3 Å². The number of benzene rings is 2. The highest BCUT2D eigenvalue weighted by Crippen LogP contribution is 2.33. The smallest absolute Gasteiger partial charge is 0.227 e. The monoisotopic (exact) mass is 480 g/mol. The van der Waals surface area contributed by atoms with E-state index in [2.05, 4.69) is 26.3 Å². The summed E-state index contributed by atoms with van der Waals surface area (Å²) in [4.78, 5) is 13.5. The minimum Gasteiger partial charge on any atom is -0.492 e. The Balaban J connectivity index is 1.36. The van der Waals surface area contributed by atoms with Crippen LogP contribution in [0.2, 0.25) is 10.0 Å². The molecule has 0 aliphatic carbocycles. The SMILES string of the molecule is Cc1nnc(NSc2ccc3c(c2)CC(CCOc2ccc(Cl)cc2Cl)C(=O)N3)s1. The Kier molecular flexibility index (Phi) is 6.67. The molecule has 10 heteroatoms. The molecule has 1 unspecified atom stereocenters. The third kappa shape index (κ3) is 5.18. The van der Waals surface area contributed by atoms with E-state index in [9.17, 15) is 4.79 Å². The van der Waals surface area contributed by atoms with Crippen LogP contribution in [0.4, 0.5) is 10.8 Å². The van der Waals surface area contributed by atoms with E-state index in [1.54, 1.807) is 18.2 Å². The molecule has 1 aliphatic rings. The van der Waals surface area contributed by atoms with Crippen LogP contribution >= 0.6 is 46.5 Å². The maximum atomic E-state index is 12.5. The average Bonchev–Trinajstić information content (AvgIpc) is 3.13. The van der Waals surface area contributed by atoms with Gasteiger partial charge >= 0.3 is 0 Å². The molecule has 2 heterocycles. The Bertz CT molecular complexity index is 1080. The zero-order valence-corrected chi connectivity index (χ0v) is 19.1. The third-order valence-corrected chi connectivity index (χ3v) is 6.77. The lowest BCUT2D eigenvalue weighted by atomic mass is 9.91. The van der Waals surface area contributed by atoms with Gasteiger partial charge in [-0.25, -0.2) is 0 Å². The molecule has 1 aromatic heterocycles. The highest BCUT2D eigenvalue weighted by Gasteiger charge is 2.26. The molecule has 2 aromatic carbocycles. The first kappa shape index (κ1) is 21.2. The van der Waals surface area contributed by atoms with Crippen molar-refractivity contribution in [2.45, 2.75) is 24.7 Å². The van der Waals surface area contributed by atoms with Crippen LogP contribution in [0, 0.1) is 12.8 Å². The summed E-state index contributed by atoms with van der Waals surface area (Å²) in [6.07, 6.45) is 1.25. The van der Waals surface area contributed by atoms with Crippen LogP contribution in [0.15, 0.2) is 41.3 Å². The number of carbonyl (C=O) groups is 1. The van der Waals surface area contributed by atoms with Crippen LogP contribution < -0.4 is 14.8 Å². The number of hydrogen-bond donors (Lipinski definition) is 2. The maximum Gasteiger partial charge on any atom is 0.227 e. The van der Waals surface area contributed by atoms with Gasteiger partial charge in [-0.1, -0.05) is 34.5 Å². The van der Waals surface area contributed by atoms with Crippen LogP contribution in [0.3, 0.4) is 0 Å². The molecule has 156 valence electrons. The molecule has 3 aromatic rings. The molecule has 0 saturated carbocycles. The number of rotatable bonds is 7. The van der Waals surface area contributed by atoms with Crippen LogP contribution in [0.5, 0.6) is 5.75 Å². The standard InChI is InChI=1S/C20H18Cl2N4O2S2/c1-11-24-25-20(29-11)26-30-15-3-4-17-13(9-15)8-12(19(27)23-17)6-7-28-18-5-2-14(21)10-16(18)22/h2-5,9-10,12H,6-8H2,1H3,(H,23,27)(H,25,26). The normalized spacial score (nSPS) is 15.4. The van der Waals surface area contributed by atoms with Gasteiger partial charge in [-0.05, 0) is 73.7 Å². The minimum atomic E-state index is -0.164. The van der Waals surface area contributed by atoms with Crippen molar-refractivity contribution in [3.8, 4) is 5.75 Å². The predicted molar refractivity (Wildman–Crippen MR) is 123 cm³/mol. The molecular formula is C20H18Cl2N4O2S2. The Hall–Kier alpha value is -2.00. The summed E-state index contributed by atoms with van der Waals surface area (Å²) in [6, 6.07) is 11.1. The van der Waals surface area contributed by atoms with Crippen LogP contribution in [0.1, 0.15) is 17.0 Å². The molecule has 0 radical (unpaired) electrons. The summed E-state index contributed by atoms with van der Waals surface area (Å²) >= 11 is 15.0. The van der Waals surface area contributed by atoms with E-state index in [4.69, 9.17) is 27.9 Å². The second-order valence-corrected chi connectivity index (χ2v) is 9.66. The number of fused-ring (bicyclic) bond motifs is 1. The summed E-state index contributed by atoms with van der Waals surface area (Å²) in [7, 11) is 0. The molecule has 1 atom stereocenters. The summed E-state index contributed by atoms with van der Waals surface area (Å²) in [5.74, 6) is 0.410. The van der Waals surface area contributed by atoms with Crippen molar-refractivity contribution in [2.24, 2.45) is 5.92 Å². The van der Waals surface area contributed by atoms with Gasteiger partial charge in [0.25, 0.3) is 0 Å². The molecule has 1 aliphatic heterocycles. The second-order valence-electron chi connectivity index (χ2n) is 6.75. The number of amides is 1. The molecule has 2 N–H and O–H groups in total. The van der Waals surface area contributed by atoms with Crippen LogP contribution in [0.25, 0.3) is 0 Å². The molecule has 0 saturated heterocycles. The zero-order chi connectivity index (χ0) is 21.1. The average molecular weight is 481 g/mol. The van der Waals surface area contributed by atoms with Gasteiger partial charge in [-0.3, -0.25) is 4.79 Å². The van der Waals surface area contributed by atoms with Crippen molar-refractivity contribution in [3.05, 3.63) is 57.0 Å². The number of aromatic nitrogens is 2. The second kappa shape index (κ2) is 9.43. The quantitative estimate of drug-likeness (QED) is 0.412. The fraction of sp³-hybridized carbons (Fsp3) is 0.250. The first-order valence-electron chi connectivity index (χ1n) is 9.22. The van der Waals surface area contributed by atoms with E-state index in [1.807, 2.05) is 19.1 Å². The van der Waals surface area contributed by atoms with Crippen molar-refractivity contribution >= 4 is 63.2 Å². The largest absolute Gasteiger partial charge is 0.492 e. The number of aryl methyl sites for hydroxylation is 1. The van der Waals surface area contributed by atoms with E-state index >= 15 is 0 Å². The third-order valence-electron chi connectivity index (χ3n) is 4.57. The van der Waals surface area contributed by atoms with Crippen LogP contribution in [-0.2, 0) is 11.2 Å². The zero-order valence-electron chi connectivity index (χ0n) is 15.9. The number of anilines is 2. The lowest BCUT2D eigenvalue weighted by Crippen LogP contribution is -2.31. The summed E-state index contributed by atoms with van der Waals surface area (Å²) < 4.78 is 8.95. The van der Waals surface area contributed by atoms with Gasteiger partial charge in [0.2, 0.25) is 11.0 Å². The number of nitrogens with zero attached hydrogens (tertiary/aromatic N) is 2. The summed E-state index contributed by atoms with van der Waals surface area (Å²) in [6.45, 7) is 2.31. The van der Waals surface area contributed by atoms with E-state index in [0.29, 0.717) is 35.2 Å². The fourth-order valence-electron chi connectivity index (χ4n) is 3.09. The number of nitrogens with one attached hydrogen (secondary N) is 2. The first-order chi connectivity index (χ1) is 14.5. The van der Waals surface area contributed by atoms with Gasteiger partial charge in [-0.15, -0.1) is 10.2 Å². The molecule has 0 spiro atoms. The number of carbonyl (C=O) groups excluding carboxylic acids is 1. The van der Waals surface area contributed by atoms with Gasteiger partial charge in [0.1, 0.15) is 10.8 Å². The highest BCUT2D eigenvalue weighted by atomic mass is 35.5. The number of hydrogen-bond acceptors (Lipinski definition) is 7. The fourth-order valence-corrected chi connectivity index (χ4v) is 4.88. The first-order valence-corrected chi connectivity index (χ1v) is 11.6. The molecule has 30 heavy (non-hydrogen) atoms. The summed E-state index contributed by atoms with van der Waals surface area (Å²) in [5, 5.41) is 13.7. The topological polar surface area (TPSA) is 76.1 Å². The predicted octanol–water partition coefficient (Wildman–Crippen LogP) is 5.85. The Morgan fingerprint density at radius 2 is 2.13 bits per heavy atom. The lowest BCUT2D eigenvalue weighted by molar-refractivity contribution is -0.120. The Morgan fingerprint density at radius 3 is 2.90 bits per heavy atom. The summed E-state index contributed by atoms with van der Waals surface area (Å²) in [5.41, 5.74) is 1.96. The van der Waals surface area contributed by atoms with E-state index in [-0.39, 0.29) is 11.8 Å². The van der Waals surface area contributed by atoms with Gasteiger partial charge < -0.3 is 14.8 Å². The lowest BCUT2D eigenvalue weighted by Gasteiger charge is -2.25. The van der Waals surface area contributed by atoms with Gasteiger partial charge in [0.05, 0.1) is 11.6 Å². The van der Waals surface area contributed by atoms with Crippen molar-refractivity contribution in [1.82, 2.24) is 10.2 Å². The Labute approximate surface area is 192 Å². The molecular weight excluding hydrogens is 463 g/mol. The van der Waals surface area contributed by atoms with Crippen molar-refractivity contribution in [1.29, 1.82) is 0 Å². The molecule has 1 amide bonds. The van der Waals surface area contributed by atoms with Gasteiger partial charge in [0, 0.05) is 21.5 Å². The molecule has 0 bridgehead atoms. The number of halogens is 2. The highest BCUT2D eigenvalue weighted by molar-refractivity contribution is 8.00. The minimum absolute atomic E-state index is 0.0103. The molecule has 6 nitrogen and oxygen atoms in total. The number of ether oxygens (including phenoxy) is 1. The van der Waals surface area contributed by atoms with Gasteiger partial charge in [-0.2, -0.15) is 0 Å². The van der Waals surface area contributed by atoms with Crippen molar-refractivity contribution in [3.63, 3.8) is 0 Å². The maximum absolute atomic E-state index is 12.5. The van der Waals surface area contributed by atoms with Gasteiger partial charge in [0.15, 0.2) is 0 Å². The van der Waals surface area contributed by atoms with Crippen molar-refractivity contribution in [2.75, 3.05) is 16.6 Å². The van der Waals surface area contributed by atoms with Crippen molar-refractivity contribution < 1.29 is 9.53 Å². The Morgan fingerprint density at radius 1 is 1.27 bits per heavy atom. The van der Waals surface area contributed by atoms with E-state index < -0.39 is 0 Å². The van der Waals surface area contributed by atoms with Crippen LogP contribution in [-0.4, -0.2) is 22.7 Å². The van der Waals surface area contributed by atoms with E-state index in [1.165, 1.54) is 23.3 Å².